The second kappa shape index (κ2) is 7.68. The van der Waals surface area contributed by atoms with Crippen molar-refractivity contribution in [3.8, 4) is 0 Å². The van der Waals surface area contributed by atoms with Crippen LogP contribution in [0, 0.1) is 0 Å². The van der Waals surface area contributed by atoms with Gasteiger partial charge in [0, 0.05) is 13.1 Å². The molecule has 0 spiro atoms. The summed E-state index contributed by atoms with van der Waals surface area (Å²) in [5.41, 5.74) is 1.58. The lowest BCUT2D eigenvalue weighted by Gasteiger charge is -2.29. The van der Waals surface area contributed by atoms with Gasteiger partial charge in [-0.15, -0.1) is 0 Å². The third-order valence-electron chi connectivity index (χ3n) is 4.32. The summed E-state index contributed by atoms with van der Waals surface area (Å²) in [5.74, 6) is 0.289. The number of carbonyl (C=O) groups is 1. The van der Waals surface area contributed by atoms with Crippen molar-refractivity contribution >= 4 is 5.91 Å². The minimum absolute atomic E-state index is 0.0257. The molecule has 1 saturated heterocycles. The molecule has 1 aliphatic heterocycles. The highest BCUT2D eigenvalue weighted by Gasteiger charge is 2.21. The van der Waals surface area contributed by atoms with Gasteiger partial charge in [-0.05, 0) is 64.8 Å². The van der Waals surface area contributed by atoms with E-state index >= 15 is 0 Å². The van der Waals surface area contributed by atoms with Crippen LogP contribution in [0.2, 0.25) is 0 Å². The lowest BCUT2D eigenvalue weighted by atomic mass is 9.97. The number of piperidine rings is 1. The minimum atomic E-state index is -0.0257. The number of rotatable bonds is 5. The van der Waals surface area contributed by atoms with Gasteiger partial charge in [-0.1, -0.05) is 11.6 Å². The van der Waals surface area contributed by atoms with E-state index in [-0.39, 0.29) is 11.9 Å². The first-order valence-corrected chi connectivity index (χ1v) is 7.97. The first kappa shape index (κ1) is 14.6. The molecule has 2 rings (SSSR count). The smallest absolute Gasteiger partial charge is 0.239 e. The topological polar surface area (TPSA) is 32.3 Å². The lowest BCUT2D eigenvalue weighted by Crippen LogP contribution is -2.47. The first-order valence-electron chi connectivity index (χ1n) is 7.97. The molecule has 108 valence electrons. The van der Waals surface area contributed by atoms with Crippen molar-refractivity contribution in [2.45, 2.75) is 64.3 Å². The van der Waals surface area contributed by atoms with E-state index in [4.69, 9.17) is 0 Å². The molecule has 0 bridgehead atoms. The molecule has 0 radical (unpaired) electrons. The van der Waals surface area contributed by atoms with Gasteiger partial charge in [-0.25, -0.2) is 0 Å². The molecule has 0 aromatic heterocycles. The Morgan fingerprint density at radius 1 is 1.26 bits per heavy atom. The standard InChI is InChI=1S/C16H28N2O/c1-14(16(19)18-12-6-3-7-13-18)17-11-10-15-8-4-2-5-9-15/h8,14,17H,2-7,9-13H2,1H3. The van der Waals surface area contributed by atoms with Gasteiger partial charge in [-0.3, -0.25) is 4.79 Å². The third-order valence-corrected chi connectivity index (χ3v) is 4.32. The van der Waals surface area contributed by atoms with Crippen LogP contribution < -0.4 is 5.32 Å². The number of carbonyl (C=O) groups excluding carboxylic acids is 1. The van der Waals surface area contributed by atoms with Gasteiger partial charge in [0.2, 0.25) is 5.91 Å². The number of amides is 1. The number of likely N-dealkylation sites (tertiary alicyclic amines) is 1. The molecule has 3 heteroatoms. The Morgan fingerprint density at radius 3 is 2.74 bits per heavy atom. The average Bonchev–Trinajstić information content (AvgIpc) is 2.48. The molecule has 1 N–H and O–H groups in total. The summed E-state index contributed by atoms with van der Waals surface area (Å²) in [4.78, 5) is 14.3. The zero-order valence-electron chi connectivity index (χ0n) is 12.3. The molecule has 0 aromatic carbocycles. The number of allylic oxidation sites excluding steroid dienone is 1. The molecule has 3 nitrogen and oxygen atoms in total. The van der Waals surface area contributed by atoms with E-state index in [9.17, 15) is 4.79 Å². The van der Waals surface area contributed by atoms with Gasteiger partial charge in [0.1, 0.15) is 0 Å². The molecule has 1 fully saturated rings. The van der Waals surface area contributed by atoms with E-state index in [1.165, 1.54) is 44.9 Å². The van der Waals surface area contributed by atoms with Crippen molar-refractivity contribution in [2.75, 3.05) is 19.6 Å². The van der Waals surface area contributed by atoms with Crippen LogP contribution in [0.3, 0.4) is 0 Å². The molecular weight excluding hydrogens is 236 g/mol. The van der Waals surface area contributed by atoms with E-state index in [1.807, 2.05) is 11.8 Å². The fraction of sp³-hybridized carbons (Fsp3) is 0.812. The van der Waals surface area contributed by atoms with Crippen LogP contribution in [0.15, 0.2) is 11.6 Å². The minimum Gasteiger partial charge on any atom is -0.341 e. The van der Waals surface area contributed by atoms with Crippen molar-refractivity contribution in [3.63, 3.8) is 0 Å². The van der Waals surface area contributed by atoms with Gasteiger partial charge in [0.15, 0.2) is 0 Å². The Morgan fingerprint density at radius 2 is 2.05 bits per heavy atom. The second-order valence-electron chi connectivity index (χ2n) is 5.92. The molecule has 1 aliphatic carbocycles. The van der Waals surface area contributed by atoms with E-state index in [0.717, 1.165) is 26.1 Å². The number of nitrogens with zero attached hydrogens (tertiary/aromatic N) is 1. The number of nitrogens with one attached hydrogen (secondary N) is 1. The van der Waals surface area contributed by atoms with Crippen molar-refractivity contribution in [2.24, 2.45) is 0 Å². The van der Waals surface area contributed by atoms with Gasteiger partial charge in [0.05, 0.1) is 6.04 Å². The van der Waals surface area contributed by atoms with Crippen LogP contribution in [0.1, 0.15) is 58.3 Å². The quantitative estimate of drug-likeness (QED) is 0.774. The van der Waals surface area contributed by atoms with Crippen molar-refractivity contribution < 1.29 is 4.79 Å². The third kappa shape index (κ3) is 4.64. The molecule has 1 unspecified atom stereocenters. The summed E-state index contributed by atoms with van der Waals surface area (Å²) in [7, 11) is 0. The highest BCUT2D eigenvalue weighted by molar-refractivity contribution is 5.81. The summed E-state index contributed by atoms with van der Waals surface area (Å²) in [6.45, 7) is 4.85. The zero-order chi connectivity index (χ0) is 13.5. The Kier molecular flexibility index (Phi) is 5.90. The molecule has 1 amide bonds. The maximum Gasteiger partial charge on any atom is 0.239 e. The number of hydrogen-bond acceptors (Lipinski definition) is 2. The van der Waals surface area contributed by atoms with Crippen molar-refractivity contribution in [3.05, 3.63) is 11.6 Å². The Bertz CT molecular complexity index is 319. The molecular formula is C16H28N2O. The van der Waals surface area contributed by atoms with Gasteiger partial charge < -0.3 is 10.2 Å². The van der Waals surface area contributed by atoms with Crippen LogP contribution in [0.5, 0.6) is 0 Å². The second-order valence-corrected chi connectivity index (χ2v) is 5.92. The predicted octanol–water partition coefficient (Wildman–Crippen LogP) is 2.87. The Hall–Kier alpha value is -0.830. The normalized spacial score (nSPS) is 21.9. The predicted molar refractivity (Wildman–Crippen MR) is 79.1 cm³/mol. The highest BCUT2D eigenvalue weighted by Crippen LogP contribution is 2.19. The van der Waals surface area contributed by atoms with Gasteiger partial charge in [-0.2, -0.15) is 0 Å². The zero-order valence-corrected chi connectivity index (χ0v) is 12.3. The summed E-state index contributed by atoms with van der Waals surface area (Å²) in [5, 5.41) is 3.39. The fourth-order valence-electron chi connectivity index (χ4n) is 3.06. The summed E-state index contributed by atoms with van der Waals surface area (Å²) in [6.07, 6.45) is 12.3. The Balaban J connectivity index is 1.66. The number of hydrogen-bond donors (Lipinski definition) is 1. The molecule has 2 aliphatic rings. The van der Waals surface area contributed by atoms with Crippen LogP contribution >= 0.6 is 0 Å². The lowest BCUT2D eigenvalue weighted by molar-refractivity contribution is -0.133. The van der Waals surface area contributed by atoms with Crippen molar-refractivity contribution in [1.82, 2.24) is 10.2 Å². The largest absolute Gasteiger partial charge is 0.341 e. The van der Waals surface area contributed by atoms with Crippen molar-refractivity contribution in [1.29, 1.82) is 0 Å². The first-order chi connectivity index (χ1) is 9.27. The maximum atomic E-state index is 12.2. The highest BCUT2D eigenvalue weighted by atomic mass is 16.2. The van der Waals surface area contributed by atoms with E-state index in [0.29, 0.717) is 0 Å². The van der Waals surface area contributed by atoms with Crippen LogP contribution in [0.4, 0.5) is 0 Å². The summed E-state index contributed by atoms with van der Waals surface area (Å²) < 4.78 is 0. The van der Waals surface area contributed by atoms with E-state index in [2.05, 4.69) is 11.4 Å². The van der Waals surface area contributed by atoms with Crippen LogP contribution in [-0.4, -0.2) is 36.5 Å². The fourth-order valence-corrected chi connectivity index (χ4v) is 3.06. The molecule has 19 heavy (non-hydrogen) atoms. The SMILES string of the molecule is CC(NCCC1=CCCCC1)C(=O)N1CCCCC1. The molecule has 1 heterocycles. The monoisotopic (exact) mass is 264 g/mol. The Labute approximate surface area is 117 Å². The summed E-state index contributed by atoms with van der Waals surface area (Å²) >= 11 is 0. The van der Waals surface area contributed by atoms with E-state index in [1.54, 1.807) is 5.57 Å². The van der Waals surface area contributed by atoms with Gasteiger partial charge in [0.25, 0.3) is 0 Å². The van der Waals surface area contributed by atoms with E-state index < -0.39 is 0 Å². The maximum absolute atomic E-state index is 12.2. The summed E-state index contributed by atoms with van der Waals surface area (Å²) in [6, 6.07) is -0.0257. The average molecular weight is 264 g/mol. The molecule has 0 aromatic rings. The van der Waals surface area contributed by atoms with Crippen LogP contribution in [0.25, 0.3) is 0 Å². The molecule has 0 saturated carbocycles. The van der Waals surface area contributed by atoms with Gasteiger partial charge >= 0.3 is 0 Å². The molecule has 1 atom stereocenters. The van der Waals surface area contributed by atoms with Crippen LogP contribution in [-0.2, 0) is 4.79 Å².